The Morgan fingerprint density at radius 2 is 1.97 bits per heavy atom. The maximum Gasteiger partial charge on any atom is 0.407 e. The van der Waals surface area contributed by atoms with Crippen LogP contribution in [0.4, 0.5) is 20.8 Å². The van der Waals surface area contributed by atoms with Gasteiger partial charge in [-0.2, -0.15) is 0 Å². The number of nitrogens with one attached hydrogen (secondary N) is 3. The Kier molecular flexibility index (Phi) is 8.28. The number of anilines is 2. The second-order valence-electron chi connectivity index (χ2n) is 9.32. The number of benzene rings is 1. The van der Waals surface area contributed by atoms with Crippen LogP contribution in [0, 0.1) is 5.82 Å². The van der Waals surface area contributed by atoms with Crippen molar-refractivity contribution < 1.29 is 26.8 Å². The highest BCUT2D eigenvalue weighted by Gasteiger charge is 2.28. The van der Waals surface area contributed by atoms with E-state index in [0.717, 1.165) is 18.4 Å². The maximum atomic E-state index is 14.6. The van der Waals surface area contributed by atoms with E-state index >= 15 is 0 Å². The molecule has 0 aliphatic rings. The van der Waals surface area contributed by atoms with Crippen molar-refractivity contribution in [2.75, 3.05) is 29.9 Å². The molecule has 3 N–H and O–H groups in total. The zero-order valence-electron chi connectivity index (χ0n) is 21.1. The van der Waals surface area contributed by atoms with Gasteiger partial charge in [-0.15, -0.1) is 0 Å². The highest BCUT2D eigenvalue weighted by molar-refractivity contribution is 7.92. The van der Waals surface area contributed by atoms with Crippen LogP contribution in [0.25, 0.3) is 22.7 Å². The molecule has 3 aromatic rings. The number of halogens is 2. The lowest BCUT2D eigenvalue weighted by Gasteiger charge is -2.14. The lowest BCUT2D eigenvalue weighted by atomic mass is 9.97. The molecule has 1 atom stereocenters. The van der Waals surface area contributed by atoms with Gasteiger partial charge in [-0.3, -0.25) is 4.72 Å². The number of hydrogen-bond donors (Lipinski definition) is 3. The third-order valence-corrected chi connectivity index (χ3v) is 5.86. The van der Waals surface area contributed by atoms with Crippen LogP contribution in [0.2, 0.25) is 5.02 Å². The molecule has 0 saturated carbocycles. The van der Waals surface area contributed by atoms with Crippen LogP contribution in [0.5, 0.6) is 0 Å². The summed E-state index contributed by atoms with van der Waals surface area (Å²) >= 11 is 6.51. The quantitative estimate of drug-likeness (QED) is 0.368. The second-order valence-corrected chi connectivity index (χ2v) is 11.4. The van der Waals surface area contributed by atoms with E-state index in [2.05, 4.69) is 35.0 Å². The number of carbonyl (C=O) groups is 1. The first-order chi connectivity index (χ1) is 17.2. The fourth-order valence-corrected chi connectivity index (χ4v) is 4.02. The summed E-state index contributed by atoms with van der Waals surface area (Å²) in [6, 6.07) is 3.41. The summed E-state index contributed by atoms with van der Waals surface area (Å²) in [5, 5.41) is 5.58. The molecule has 37 heavy (non-hydrogen) atoms. The molecule has 11 nitrogen and oxygen atoms in total. The van der Waals surface area contributed by atoms with Crippen LogP contribution < -0.4 is 15.4 Å². The molecule has 1 amide bonds. The van der Waals surface area contributed by atoms with Gasteiger partial charge in [-0.1, -0.05) is 32.4 Å². The first-order valence-corrected chi connectivity index (χ1v) is 13.3. The normalized spacial score (nSPS) is 12.6. The molecule has 0 saturated heterocycles. The van der Waals surface area contributed by atoms with Crippen LogP contribution in [0.1, 0.15) is 33.6 Å². The first kappa shape index (κ1) is 28.1. The molecule has 2 aromatic heterocycles. The van der Waals surface area contributed by atoms with Gasteiger partial charge in [0.25, 0.3) is 0 Å². The van der Waals surface area contributed by atoms with Crippen LogP contribution >= 0.6 is 11.6 Å². The van der Waals surface area contributed by atoms with Gasteiger partial charge in [-0.05, 0) is 25.1 Å². The molecular formula is C23H28ClFN6O5S. The number of amides is 1. The number of oxazole rings is 1. The standard InChI is InChI=1S/C23H28ClFN6O5S/c1-12(28-22(32)35-5)11-27-21-26-8-7-15(29-21)19-18(30-20(36-19)23(2,3)4)14-9-13(25)10-16(17(14)24)31-37(6,33)34/h7-10,12,31H,11H2,1-6H3,(H,28,32)(H,26,27,29). The lowest BCUT2D eigenvalue weighted by molar-refractivity contribution is 0.168. The summed E-state index contributed by atoms with van der Waals surface area (Å²) in [4.78, 5) is 24.6. The molecule has 0 spiro atoms. The molecule has 14 heteroatoms. The van der Waals surface area contributed by atoms with Crippen molar-refractivity contribution in [2.24, 2.45) is 0 Å². The first-order valence-electron chi connectivity index (χ1n) is 11.1. The van der Waals surface area contributed by atoms with Gasteiger partial charge < -0.3 is 19.8 Å². The summed E-state index contributed by atoms with van der Waals surface area (Å²) in [6.45, 7) is 7.73. The predicted molar refractivity (Wildman–Crippen MR) is 139 cm³/mol. The Morgan fingerprint density at radius 3 is 2.59 bits per heavy atom. The molecule has 1 unspecified atom stereocenters. The Morgan fingerprint density at radius 1 is 1.27 bits per heavy atom. The Labute approximate surface area is 219 Å². The Hall–Kier alpha value is -3.45. The molecule has 3 rings (SSSR count). The summed E-state index contributed by atoms with van der Waals surface area (Å²) in [5.74, 6) is 0.0303. The van der Waals surface area contributed by atoms with Crippen molar-refractivity contribution in [3.05, 3.63) is 41.1 Å². The number of methoxy groups -OCH3 is 1. The molecule has 0 bridgehead atoms. The number of sulfonamides is 1. The minimum absolute atomic E-state index is 0.0584. The molecule has 0 fully saturated rings. The van der Waals surface area contributed by atoms with E-state index in [1.165, 1.54) is 13.3 Å². The largest absolute Gasteiger partial charge is 0.453 e. The van der Waals surface area contributed by atoms with E-state index in [1.54, 1.807) is 13.0 Å². The summed E-state index contributed by atoms with van der Waals surface area (Å²) in [5.41, 5.74) is -0.0453. The minimum atomic E-state index is -3.73. The molecule has 0 aliphatic carbocycles. The monoisotopic (exact) mass is 554 g/mol. The molecule has 2 heterocycles. The van der Waals surface area contributed by atoms with Crippen LogP contribution in [0.15, 0.2) is 28.8 Å². The van der Waals surface area contributed by atoms with Gasteiger partial charge in [-0.25, -0.2) is 32.6 Å². The highest BCUT2D eigenvalue weighted by atomic mass is 35.5. The third kappa shape index (κ3) is 7.29. The van der Waals surface area contributed by atoms with Crippen LogP contribution in [-0.4, -0.2) is 55.4 Å². The number of rotatable bonds is 8. The van der Waals surface area contributed by atoms with Crippen molar-refractivity contribution in [3.63, 3.8) is 0 Å². The van der Waals surface area contributed by atoms with Gasteiger partial charge in [0, 0.05) is 29.8 Å². The number of nitrogens with zero attached hydrogens (tertiary/aromatic N) is 3. The van der Waals surface area contributed by atoms with Crippen LogP contribution in [-0.2, 0) is 20.2 Å². The van der Waals surface area contributed by atoms with E-state index in [-0.39, 0.29) is 39.7 Å². The van der Waals surface area contributed by atoms with Gasteiger partial charge in [0.05, 0.1) is 24.1 Å². The molecule has 0 radical (unpaired) electrons. The fraction of sp³-hybridized carbons (Fsp3) is 0.391. The predicted octanol–water partition coefficient (Wildman–Crippen LogP) is 4.42. The second kappa shape index (κ2) is 10.9. The summed E-state index contributed by atoms with van der Waals surface area (Å²) < 4.78 is 51.0. The highest BCUT2D eigenvalue weighted by Crippen LogP contribution is 2.41. The fourth-order valence-electron chi connectivity index (χ4n) is 3.16. The number of ether oxygens (including phenoxy) is 1. The van der Waals surface area contributed by atoms with Crippen molar-refractivity contribution >= 4 is 39.4 Å². The maximum absolute atomic E-state index is 14.6. The topological polar surface area (TPSA) is 148 Å². The third-order valence-electron chi connectivity index (χ3n) is 4.86. The minimum Gasteiger partial charge on any atom is -0.453 e. The SMILES string of the molecule is COC(=O)NC(C)CNc1nccc(-c2oc(C(C)(C)C)nc2-c2cc(F)cc(NS(C)(=O)=O)c2Cl)n1. The average Bonchev–Trinajstić information content (AvgIpc) is 3.25. The Balaban J connectivity index is 2.07. The lowest BCUT2D eigenvalue weighted by Crippen LogP contribution is -2.37. The van der Waals surface area contributed by atoms with E-state index in [0.29, 0.717) is 18.1 Å². The van der Waals surface area contributed by atoms with Gasteiger partial charge in [0.15, 0.2) is 5.76 Å². The zero-order chi connectivity index (χ0) is 27.5. The van der Waals surface area contributed by atoms with E-state index in [4.69, 9.17) is 16.0 Å². The molecule has 200 valence electrons. The van der Waals surface area contributed by atoms with Crippen molar-refractivity contribution in [2.45, 2.75) is 39.2 Å². The number of carbonyl (C=O) groups excluding carboxylic acids is 1. The van der Waals surface area contributed by atoms with Gasteiger partial charge in [0.1, 0.15) is 17.2 Å². The molecule has 1 aromatic carbocycles. The average molecular weight is 555 g/mol. The smallest absolute Gasteiger partial charge is 0.407 e. The van der Waals surface area contributed by atoms with Gasteiger partial charge >= 0.3 is 6.09 Å². The van der Waals surface area contributed by atoms with E-state index in [1.807, 2.05) is 20.8 Å². The van der Waals surface area contributed by atoms with Gasteiger partial charge in [0.2, 0.25) is 21.9 Å². The van der Waals surface area contributed by atoms with Crippen molar-refractivity contribution in [1.29, 1.82) is 0 Å². The number of aromatic nitrogens is 3. The molecular weight excluding hydrogens is 527 g/mol. The summed E-state index contributed by atoms with van der Waals surface area (Å²) in [6.07, 6.45) is 1.86. The van der Waals surface area contributed by atoms with E-state index in [9.17, 15) is 17.6 Å². The Bertz CT molecular complexity index is 1410. The molecule has 0 aliphatic heterocycles. The van der Waals surface area contributed by atoms with E-state index < -0.39 is 27.3 Å². The van der Waals surface area contributed by atoms with Crippen molar-refractivity contribution in [3.8, 4) is 22.7 Å². The summed E-state index contributed by atoms with van der Waals surface area (Å²) in [7, 11) is -2.46. The number of hydrogen-bond acceptors (Lipinski definition) is 9. The zero-order valence-corrected chi connectivity index (χ0v) is 22.7. The van der Waals surface area contributed by atoms with Crippen LogP contribution in [0.3, 0.4) is 0 Å². The van der Waals surface area contributed by atoms with Crippen molar-refractivity contribution in [1.82, 2.24) is 20.3 Å². The number of alkyl carbamates (subject to hydrolysis) is 1.